The average Bonchev–Trinajstić information content (AvgIpc) is 2.40. The number of carbonyl (C=O) groups excluding carboxylic acids is 1. The largest absolute Gasteiger partial charge is 0.379 e. The van der Waals surface area contributed by atoms with Crippen LogP contribution >= 0.6 is 0 Å². The lowest BCUT2D eigenvalue weighted by molar-refractivity contribution is -0.247. The van der Waals surface area contributed by atoms with Crippen LogP contribution in [0.4, 0.5) is 0 Å². The van der Waals surface area contributed by atoms with Crippen LogP contribution in [0.1, 0.15) is 41.3 Å². The van der Waals surface area contributed by atoms with Crippen molar-refractivity contribution in [1.82, 2.24) is 0 Å². The quantitative estimate of drug-likeness (QED) is 0.412. The molecule has 1 aromatic rings. The normalized spacial score (nSPS) is 10.5. The summed E-state index contributed by atoms with van der Waals surface area (Å²) in [6.45, 7) is 7.29. The Morgan fingerprint density at radius 3 is 2.68 bits per heavy atom. The zero-order valence-corrected chi connectivity index (χ0v) is 11.9. The fraction of sp³-hybridized carbons (Fsp3) is 0.533. The van der Waals surface area contributed by atoms with Crippen molar-refractivity contribution in [1.29, 1.82) is 0 Å². The Hall–Kier alpha value is -1.39. The first-order chi connectivity index (χ1) is 9.15. The molecule has 4 heteroatoms. The lowest BCUT2D eigenvalue weighted by Gasteiger charge is -2.07. The molecule has 0 saturated heterocycles. The van der Waals surface area contributed by atoms with Crippen LogP contribution < -0.4 is 0 Å². The van der Waals surface area contributed by atoms with Gasteiger partial charge < -0.3 is 4.74 Å². The van der Waals surface area contributed by atoms with Crippen molar-refractivity contribution in [3.05, 3.63) is 34.9 Å². The van der Waals surface area contributed by atoms with Gasteiger partial charge in [0.15, 0.2) is 0 Å². The van der Waals surface area contributed by atoms with Crippen molar-refractivity contribution in [2.45, 2.75) is 33.6 Å². The van der Waals surface area contributed by atoms with E-state index in [0.29, 0.717) is 18.8 Å². The lowest BCUT2D eigenvalue weighted by atomic mass is 10.1. The first kappa shape index (κ1) is 15.7. The highest BCUT2D eigenvalue weighted by atomic mass is 17.2. The molecular formula is C15H22O4. The van der Waals surface area contributed by atoms with Crippen molar-refractivity contribution < 1.29 is 19.3 Å². The van der Waals surface area contributed by atoms with E-state index in [1.54, 1.807) is 6.07 Å². The van der Waals surface area contributed by atoms with Crippen LogP contribution in [0.25, 0.3) is 0 Å². The third-order valence-electron chi connectivity index (χ3n) is 2.70. The van der Waals surface area contributed by atoms with E-state index in [-0.39, 0.29) is 6.61 Å². The van der Waals surface area contributed by atoms with Crippen LogP contribution in [0.2, 0.25) is 0 Å². The van der Waals surface area contributed by atoms with E-state index in [2.05, 4.69) is 6.92 Å². The molecule has 1 rings (SSSR count). The topological polar surface area (TPSA) is 44.8 Å². The molecule has 0 atom stereocenters. The zero-order chi connectivity index (χ0) is 14.1. The SMILES string of the molecule is CCCCOCCOOC(=O)c1cc(C)ccc1C. The number of ether oxygens (including phenoxy) is 1. The van der Waals surface area contributed by atoms with Crippen LogP contribution in [0.15, 0.2) is 18.2 Å². The molecule has 0 N–H and O–H groups in total. The van der Waals surface area contributed by atoms with Gasteiger partial charge in [0.1, 0.15) is 6.61 Å². The van der Waals surface area contributed by atoms with E-state index in [1.807, 2.05) is 26.0 Å². The van der Waals surface area contributed by atoms with E-state index in [0.717, 1.165) is 24.0 Å². The molecule has 0 radical (unpaired) electrons. The third kappa shape index (κ3) is 5.85. The molecule has 0 saturated carbocycles. The molecule has 1 aromatic carbocycles. The fourth-order valence-corrected chi connectivity index (χ4v) is 1.54. The molecule has 0 amide bonds. The first-order valence-electron chi connectivity index (χ1n) is 6.64. The molecule has 0 aliphatic carbocycles. The Kier molecular flexibility index (Phi) is 7.15. The van der Waals surface area contributed by atoms with Gasteiger partial charge in [-0.15, -0.1) is 0 Å². The Labute approximate surface area is 114 Å². The molecule has 0 fully saturated rings. The van der Waals surface area contributed by atoms with E-state index < -0.39 is 5.97 Å². The minimum absolute atomic E-state index is 0.250. The zero-order valence-electron chi connectivity index (χ0n) is 11.9. The number of rotatable bonds is 8. The number of hydrogen-bond acceptors (Lipinski definition) is 4. The highest BCUT2D eigenvalue weighted by molar-refractivity contribution is 5.90. The van der Waals surface area contributed by atoms with E-state index in [4.69, 9.17) is 14.5 Å². The summed E-state index contributed by atoms with van der Waals surface area (Å²) in [6.07, 6.45) is 2.13. The predicted octanol–water partition coefficient (Wildman–Crippen LogP) is 3.21. The summed E-state index contributed by atoms with van der Waals surface area (Å²) in [6, 6.07) is 5.63. The van der Waals surface area contributed by atoms with Gasteiger partial charge in [-0.3, -0.25) is 4.89 Å². The first-order valence-corrected chi connectivity index (χ1v) is 6.64. The Morgan fingerprint density at radius 2 is 1.95 bits per heavy atom. The predicted molar refractivity (Wildman–Crippen MR) is 73.0 cm³/mol. The van der Waals surface area contributed by atoms with Gasteiger partial charge in [-0.05, 0) is 31.9 Å². The summed E-state index contributed by atoms with van der Waals surface area (Å²) < 4.78 is 5.29. The summed E-state index contributed by atoms with van der Waals surface area (Å²) >= 11 is 0. The van der Waals surface area contributed by atoms with Crippen molar-refractivity contribution in [3.8, 4) is 0 Å². The van der Waals surface area contributed by atoms with Gasteiger partial charge in [-0.1, -0.05) is 31.0 Å². The smallest absolute Gasteiger partial charge is 0.373 e. The second-order valence-electron chi connectivity index (χ2n) is 4.48. The van der Waals surface area contributed by atoms with Gasteiger partial charge in [0.05, 0.1) is 12.2 Å². The van der Waals surface area contributed by atoms with Crippen LogP contribution in [0.3, 0.4) is 0 Å². The molecule has 0 spiro atoms. The number of unbranched alkanes of at least 4 members (excludes halogenated alkanes) is 1. The molecule has 0 aliphatic heterocycles. The average molecular weight is 266 g/mol. The standard InChI is InChI=1S/C15H22O4/c1-4-5-8-17-9-10-18-19-15(16)14-11-12(2)6-7-13(14)3/h6-7,11H,4-5,8-10H2,1-3H3. The Balaban J connectivity index is 2.26. The number of carbonyl (C=O) groups is 1. The summed E-state index contributed by atoms with van der Waals surface area (Å²) in [4.78, 5) is 21.4. The summed E-state index contributed by atoms with van der Waals surface area (Å²) in [5.41, 5.74) is 2.42. The molecule has 0 aromatic heterocycles. The number of hydrogen-bond donors (Lipinski definition) is 0. The Morgan fingerprint density at radius 1 is 1.16 bits per heavy atom. The van der Waals surface area contributed by atoms with E-state index >= 15 is 0 Å². The second-order valence-corrected chi connectivity index (χ2v) is 4.48. The summed E-state index contributed by atoms with van der Waals surface area (Å²) in [5, 5.41) is 0. The van der Waals surface area contributed by atoms with Gasteiger partial charge in [-0.2, -0.15) is 4.89 Å². The number of benzene rings is 1. The molecule has 4 nitrogen and oxygen atoms in total. The second kappa shape index (κ2) is 8.67. The molecule has 0 bridgehead atoms. The molecular weight excluding hydrogens is 244 g/mol. The summed E-state index contributed by atoms with van der Waals surface area (Å²) in [5.74, 6) is -0.463. The van der Waals surface area contributed by atoms with Crippen molar-refractivity contribution in [3.63, 3.8) is 0 Å². The van der Waals surface area contributed by atoms with E-state index in [1.165, 1.54) is 0 Å². The molecule has 0 heterocycles. The van der Waals surface area contributed by atoms with Crippen LogP contribution in [0.5, 0.6) is 0 Å². The van der Waals surface area contributed by atoms with Crippen molar-refractivity contribution >= 4 is 5.97 Å². The minimum atomic E-state index is -0.463. The van der Waals surface area contributed by atoms with Gasteiger partial charge in [0.25, 0.3) is 0 Å². The lowest BCUT2D eigenvalue weighted by Crippen LogP contribution is -2.11. The highest BCUT2D eigenvalue weighted by Crippen LogP contribution is 2.12. The van der Waals surface area contributed by atoms with Gasteiger partial charge >= 0.3 is 5.97 Å². The maximum Gasteiger partial charge on any atom is 0.373 e. The molecule has 0 unspecified atom stereocenters. The van der Waals surface area contributed by atoms with Crippen molar-refractivity contribution in [2.24, 2.45) is 0 Å². The van der Waals surface area contributed by atoms with Crippen LogP contribution in [-0.4, -0.2) is 25.8 Å². The van der Waals surface area contributed by atoms with Crippen molar-refractivity contribution in [2.75, 3.05) is 19.8 Å². The van der Waals surface area contributed by atoms with Gasteiger partial charge in [0.2, 0.25) is 0 Å². The highest BCUT2D eigenvalue weighted by Gasteiger charge is 2.11. The van der Waals surface area contributed by atoms with Gasteiger partial charge in [-0.25, -0.2) is 4.79 Å². The van der Waals surface area contributed by atoms with E-state index in [9.17, 15) is 4.79 Å². The molecule has 19 heavy (non-hydrogen) atoms. The third-order valence-corrected chi connectivity index (χ3v) is 2.70. The van der Waals surface area contributed by atoms with Crippen LogP contribution in [-0.2, 0) is 14.5 Å². The maximum absolute atomic E-state index is 11.8. The van der Waals surface area contributed by atoms with Gasteiger partial charge in [0, 0.05) is 6.61 Å². The van der Waals surface area contributed by atoms with Crippen LogP contribution in [0, 0.1) is 13.8 Å². The molecule has 0 aliphatic rings. The monoisotopic (exact) mass is 266 g/mol. The minimum Gasteiger partial charge on any atom is -0.379 e. The summed E-state index contributed by atoms with van der Waals surface area (Å²) in [7, 11) is 0. The fourth-order valence-electron chi connectivity index (χ4n) is 1.54. The molecule has 106 valence electrons. The number of aryl methyl sites for hydroxylation is 2. The Bertz CT molecular complexity index is 401. The maximum atomic E-state index is 11.8.